The second kappa shape index (κ2) is 6.99. The fraction of sp³-hybridized carbons (Fsp3) is 0.611. The predicted octanol–water partition coefficient (Wildman–Crippen LogP) is 1.14. The normalized spacial score (nSPS) is 21.3. The molecule has 0 spiro atoms. The van der Waals surface area contributed by atoms with Crippen molar-refractivity contribution in [1.82, 2.24) is 14.7 Å². The Balaban J connectivity index is 1.64. The predicted molar refractivity (Wildman–Crippen MR) is 90.4 cm³/mol. The molecule has 1 amide bonds. The third-order valence-corrected chi connectivity index (χ3v) is 4.84. The third kappa shape index (κ3) is 3.57. The van der Waals surface area contributed by atoms with Crippen molar-refractivity contribution in [3.05, 3.63) is 35.4 Å². The van der Waals surface area contributed by atoms with Gasteiger partial charge in [-0.15, -0.1) is 0 Å². The van der Waals surface area contributed by atoms with Gasteiger partial charge < -0.3 is 9.64 Å². The van der Waals surface area contributed by atoms with Gasteiger partial charge in [-0.05, 0) is 26.6 Å². The number of ether oxygens (including phenoxy) is 1. The van der Waals surface area contributed by atoms with Crippen LogP contribution < -0.4 is 0 Å². The van der Waals surface area contributed by atoms with Crippen LogP contribution >= 0.6 is 0 Å². The molecular weight excluding hydrogens is 290 g/mol. The highest BCUT2D eigenvalue weighted by Gasteiger charge is 2.38. The van der Waals surface area contributed by atoms with Gasteiger partial charge in [-0.2, -0.15) is 0 Å². The highest BCUT2D eigenvalue weighted by Crippen LogP contribution is 2.26. The fourth-order valence-electron chi connectivity index (χ4n) is 3.48. The molecule has 2 aliphatic heterocycles. The minimum atomic E-state index is -0.194. The maximum absolute atomic E-state index is 12.9. The van der Waals surface area contributed by atoms with E-state index in [9.17, 15) is 4.79 Å². The summed E-state index contributed by atoms with van der Waals surface area (Å²) in [5, 5.41) is 0. The van der Waals surface area contributed by atoms with Crippen molar-refractivity contribution in [2.75, 3.05) is 53.5 Å². The Morgan fingerprint density at radius 1 is 1.26 bits per heavy atom. The summed E-state index contributed by atoms with van der Waals surface area (Å²) in [4.78, 5) is 19.4. The molecule has 0 unspecified atom stereocenters. The first-order chi connectivity index (χ1) is 11.1. The molecule has 126 valence electrons. The van der Waals surface area contributed by atoms with Crippen LogP contribution in [0.5, 0.6) is 0 Å². The maximum Gasteiger partial charge on any atom is 0.244 e. The van der Waals surface area contributed by atoms with Crippen LogP contribution in [0, 0.1) is 6.92 Å². The fourth-order valence-corrected chi connectivity index (χ4v) is 3.48. The van der Waals surface area contributed by atoms with E-state index in [1.807, 2.05) is 30.0 Å². The number of likely N-dealkylation sites (N-methyl/N-ethyl adjacent to an activating group) is 1. The summed E-state index contributed by atoms with van der Waals surface area (Å²) in [7, 11) is 3.95. The first-order valence-corrected chi connectivity index (χ1v) is 8.40. The van der Waals surface area contributed by atoms with Gasteiger partial charge in [0.1, 0.15) is 6.04 Å². The molecule has 3 rings (SSSR count). The minimum Gasteiger partial charge on any atom is -0.379 e. The molecule has 0 aromatic heterocycles. The molecule has 2 fully saturated rings. The average molecular weight is 317 g/mol. The van der Waals surface area contributed by atoms with Gasteiger partial charge in [0.2, 0.25) is 5.91 Å². The van der Waals surface area contributed by atoms with Crippen molar-refractivity contribution < 1.29 is 9.53 Å². The molecule has 0 aliphatic carbocycles. The van der Waals surface area contributed by atoms with E-state index in [1.165, 1.54) is 5.56 Å². The lowest BCUT2D eigenvalue weighted by molar-refractivity contribution is -0.145. The Hall–Kier alpha value is -1.43. The van der Waals surface area contributed by atoms with Crippen molar-refractivity contribution in [2.24, 2.45) is 0 Å². The molecule has 2 aliphatic rings. The summed E-state index contributed by atoms with van der Waals surface area (Å²) in [6.45, 7) is 7.36. The molecule has 0 saturated carbocycles. The lowest BCUT2D eigenvalue weighted by Gasteiger charge is -2.48. The van der Waals surface area contributed by atoms with Crippen molar-refractivity contribution in [2.45, 2.75) is 19.0 Å². The number of carbonyl (C=O) groups is 1. The number of benzene rings is 1. The van der Waals surface area contributed by atoms with E-state index in [1.54, 1.807) is 0 Å². The number of hydrogen-bond acceptors (Lipinski definition) is 4. The summed E-state index contributed by atoms with van der Waals surface area (Å²) in [6, 6.07) is 8.57. The molecule has 0 bridgehead atoms. The summed E-state index contributed by atoms with van der Waals surface area (Å²) < 4.78 is 5.40. The van der Waals surface area contributed by atoms with Gasteiger partial charge in [0.15, 0.2) is 0 Å². The van der Waals surface area contributed by atoms with Gasteiger partial charge in [0, 0.05) is 32.2 Å². The number of amides is 1. The Morgan fingerprint density at radius 3 is 2.57 bits per heavy atom. The maximum atomic E-state index is 12.9. The molecule has 0 N–H and O–H groups in total. The first-order valence-electron chi connectivity index (χ1n) is 8.40. The van der Waals surface area contributed by atoms with Crippen LogP contribution in [0.3, 0.4) is 0 Å². The Morgan fingerprint density at radius 2 is 1.96 bits per heavy atom. The van der Waals surface area contributed by atoms with E-state index < -0.39 is 0 Å². The van der Waals surface area contributed by atoms with E-state index in [0.29, 0.717) is 6.04 Å². The molecule has 23 heavy (non-hydrogen) atoms. The number of nitrogens with zero attached hydrogens (tertiary/aromatic N) is 3. The number of hydrogen-bond donors (Lipinski definition) is 0. The highest BCUT2D eigenvalue weighted by atomic mass is 16.5. The largest absolute Gasteiger partial charge is 0.379 e. The standard InChI is InChI=1S/C18H27N3O2/c1-14-5-4-6-15(11-14)17(19(2)3)18(22)21-12-16(13-21)20-7-9-23-10-8-20/h4-6,11,16-17H,7-10,12-13H2,1-3H3/t17-/m1/s1. The molecule has 5 heteroatoms. The summed E-state index contributed by atoms with van der Waals surface area (Å²) in [5.41, 5.74) is 2.27. The van der Waals surface area contributed by atoms with Crippen LogP contribution in [-0.4, -0.2) is 80.1 Å². The molecule has 1 atom stereocenters. The first kappa shape index (κ1) is 16.4. The van der Waals surface area contributed by atoms with Crippen LogP contribution in [0.1, 0.15) is 17.2 Å². The zero-order chi connectivity index (χ0) is 16.4. The second-order valence-electron chi connectivity index (χ2n) is 6.83. The molecule has 2 heterocycles. The molecule has 0 radical (unpaired) electrons. The number of rotatable bonds is 4. The average Bonchev–Trinajstić information content (AvgIpc) is 2.46. The summed E-state index contributed by atoms with van der Waals surface area (Å²) >= 11 is 0. The van der Waals surface area contributed by atoms with Gasteiger partial charge >= 0.3 is 0 Å². The second-order valence-corrected chi connectivity index (χ2v) is 6.83. The lowest BCUT2D eigenvalue weighted by atomic mass is 9.99. The zero-order valence-corrected chi connectivity index (χ0v) is 14.4. The van der Waals surface area contributed by atoms with Crippen molar-refractivity contribution >= 4 is 5.91 Å². The lowest BCUT2D eigenvalue weighted by Crippen LogP contribution is -2.64. The third-order valence-electron chi connectivity index (χ3n) is 4.84. The smallest absolute Gasteiger partial charge is 0.244 e. The van der Waals surface area contributed by atoms with Crippen LogP contribution in [-0.2, 0) is 9.53 Å². The number of aryl methyl sites for hydroxylation is 1. The molecular formula is C18H27N3O2. The van der Waals surface area contributed by atoms with E-state index >= 15 is 0 Å². The quantitative estimate of drug-likeness (QED) is 0.834. The van der Waals surface area contributed by atoms with Crippen LogP contribution in [0.2, 0.25) is 0 Å². The monoisotopic (exact) mass is 317 g/mol. The van der Waals surface area contributed by atoms with Gasteiger partial charge in [-0.25, -0.2) is 0 Å². The minimum absolute atomic E-state index is 0.194. The van der Waals surface area contributed by atoms with Crippen LogP contribution in [0.15, 0.2) is 24.3 Å². The van der Waals surface area contributed by atoms with Crippen molar-refractivity contribution in [3.8, 4) is 0 Å². The summed E-state index contributed by atoms with van der Waals surface area (Å²) in [6.07, 6.45) is 0. The van der Waals surface area contributed by atoms with Crippen molar-refractivity contribution in [3.63, 3.8) is 0 Å². The van der Waals surface area contributed by atoms with E-state index in [2.05, 4.69) is 30.0 Å². The number of likely N-dealkylation sites (tertiary alicyclic amines) is 1. The topological polar surface area (TPSA) is 36.0 Å². The van der Waals surface area contributed by atoms with Gasteiger partial charge in [-0.1, -0.05) is 29.8 Å². The summed E-state index contributed by atoms with van der Waals surface area (Å²) in [5.74, 6) is 0.213. The Kier molecular flexibility index (Phi) is 4.99. The van der Waals surface area contributed by atoms with E-state index in [-0.39, 0.29) is 11.9 Å². The Labute approximate surface area is 138 Å². The molecule has 5 nitrogen and oxygen atoms in total. The van der Waals surface area contributed by atoms with Crippen LogP contribution in [0.4, 0.5) is 0 Å². The van der Waals surface area contributed by atoms with Crippen LogP contribution in [0.25, 0.3) is 0 Å². The van der Waals surface area contributed by atoms with E-state index in [0.717, 1.165) is 45.0 Å². The Bertz CT molecular complexity index is 549. The molecule has 1 aromatic rings. The zero-order valence-electron chi connectivity index (χ0n) is 14.4. The van der Waals surface area contributed by atoms with E-state index in [4.69, 9.17) is 4.74 Å². The molecule has 1 aromatic carbocycles. The highest BCUT2D eigenvalue weighted by molar-refractivity contribution is 5.84. The van der Waals surface area contributed by atoms with Gasteiger partial charge in [0.25, 0.3) is 0 Å². The number of morpholine rings is 1. The molecule has 2 saturated heterocycles. The number of carbonyl (C=O) groups excluding carboxylic acids is 1. The van der Waals surface area contributed by atoms with Crippen molar-refractivity contribution in [1.29, 1.82) is 0 Å². The SMILES string of the molecule is Cc1cccc([C@H](C(=O)N2CC(N3CCOCC3)C2)N(C)C)c1. The van der Waals surface area contributed by atoms with Gasteiger partial charge in [-0.3, -0.25) is 14.6 Å². The van der Waals surface area contributed by atoms with Gasteiger partial charge in [0.05, 0.1) is 13.2 Å².